The maximum absolute atomic E-state index is 11.3. The van der Waals surface area contributed by atoms with Crippen LogP contribution in [0.1, 0.15) is 13.8 Å². The number of primary sulfonamides is 1. The van der Waals surface area contributed by atoms with Gasteiger partial charge in [0.15, 0.2) is 0 Å². The first-order valence-electron chi connectivity index (χ1n) is 5.26. The van der Waals surface area contributed by atoms with Crippen molar-refractivity contribution in [3.05, 3.63) is 18.2 Å². The van der Waals surface area contributed by atoms with Gasteiger partial charge in [0.25, 0.3) is 0 Å². The largest absolute Gasteiger partial charge is 0.484 e. The average molecular weight is 256 g/mol. The molecule has 1 aromatic rings. The molecule has 2 rings (SSSR count). The molecule has 0 unspecified atom stereocenters. The number of benzene rings is 1. The van der Waals surface area contributed by atoms with Gasteiger partial charge in [-0.2, -0.15) is 0 Å². The van der Waals surface area contributed by atoms with Crippen molar-refractivity contribution in [2.45, 2.75) is 24.3 Å². The van der Waals surface area contributed by atoms with Crippen LogP contribution in [-0.2, 0) is 10.0 Å². The van der Waals surface area contributed by atoms with Gasteiger partial charge in [-0.25, -0.2) is 13.6 Å². The summed E-state index contributed by atoms with van der Waals surface area (Å²) < 4.78 is 28.3. The molecule has 17 heavy (non-hydrogen) atoms. The lowest BCUT2D eigenvalue weighted by Gasteiger charge is -2.39. The second-order valence-corrected chi connectivity index (χ2v) is 6.45. The molecule has 0 atom stereocenters. The average Bonchev–Trinajstić information content (AvgIpc) is 2.13. The molecule has 0 radical (unpaired) electrons. The zero-order chi connectivity index (χ0) is 12.8. The lowest BCUT2D eigenvalue weighted by atomic mass is 10.1. The summed E-state index contributed by atoms with van der Waals surface area (Å²) in [5, 5.41) is 5.10. The minimum absolute atomic E-state index is 0.103. The predicted molar refractivity (Wildman–Crippen MR) is 65.8 cm³/mol. The van der Waals surface area contributed by atoms with Crippen LogP contribution in [0, 0.1) is 0 Å². The number of fused-ring (bicyclic) bond motifs is 1. The van der Waals surface area contributed by atoms with Crippen LogP contribution in [-0.4, -0.2) is 27.6 Å². The van der Waals surface area contributed by atoms with E-state index in [0.717, 1.165) is 5.69 Å². The molecule has 94 valence electrons. The highest BCUT2D eigenvalue weighted by Crippen LogP contribution is 2.37. The summed E-state index contributed by atoms with van der Waals surface area (Å²) in [6.07, 6.45) is 0. The molecule has 1 aromatic carbocycles. The normalized spacial score (nSPS) is 18.5. The zero-order valence-electron chi connectivity index (χ0n) is 10.1. The number of hydrogen-bond acceptors (Lipinski definition) is 4. The Morgan fingerprint density at radius 1 is 1.41 bits per heavy atom. The van der Waals surface area contributed by atoms with Gasteiger partial charge in [-0.1, -0.05) is 0 Å². The fraction of sp³-hybridized carbons (Fsp3) is 0.455. The van der Waals surface area contributed by atoms with Crippen molar-refractivity contribution in [1.29, 1.82) is 0 Å². The van der Waals surface area contributed by atoms with E-state index >= 15 is 0 Å². The van der Waals surface area contributed by atoms with E-state index in [1.807, 2.05) is 25.8 Å². The smallest absolute Gasteiger partial charge is 0.238 e. The van der Waals surface area contributed by atoms with Gasteiger partial charge >= 0.3 is 0 Å². The Bertz CT molecular complexity index is 552. The van der Waals surface area contributed by atoms with Crippen LogP contribution in [0.4, 0.5) is 5.69 Å². The molecule has 0 saturated heterocycles. The molecule has 2 N–H and O–H groups in total. The van der Waals surface area contributed by atoms with E-state index in [9.17, 15) is 8.42 Å². The fourth-order valence-corrected chi connectivity index (χ4v) is 2.58. The van der Waals surface area contributed by atoms with Gasteiger partial charge in [0.05, 0.1) is 17.1 Å². The van der Waals surface area contributed by atoms with Gasteiger partial charge in [-0.15, -0.1) is 0 Å². The molecule has 0 fully saturated rings. The number of ether oxygens (including phenoxy) is 1. The van der Waals surface area contributed by atoms with Gasteiger partial charge in [-0.05, 0) is 32.0 Å². The first kappa shape index (κ1) is 12.2. The quantitative estimate of drug-likeness (QED) is 0.811. The summed E-state index contributed by atoms with van der Waals surface area (Å²) in [4.78, 5) is 2.07. The molecule has 0 aromatic heterocycles. The highest BCUT2D eigenvalue weighted by atomic mass is 32.2. The topological polar surface area (TPSA) is 72.6 Å². The SMILES string of the molecule is CN1CC(C)(C)Oc2ccc(S(N)(=O)=O)cc21. The maximum atomic E-state index is 11.3. The number of sulfonamides is 1. The summed E-state index contributed by atoms with van der Waals surface area (Å²) in [5.41, 5.74) is 0.459. The van der Waals surface area contributed by atoms with Crippen molar-refractivity contribution in [1.82, 2.24) is 0 Å². The third kappa shape index (κ3) is 2.37. The number of nitrogens with zero attached hydrogens (tertiary/aromatic N) is 1. The van der Waals surface area contributed by atoms with Crippen LogP contribution in [0.3, 0.4) is 0 Å². The lowest BCUT2D eigenvalue weighted by Crippen LogP contribution is -2.45. The van der Waals surface area contributed by atoms with Gasteiger partial charge in [0.1, 0.15) is 11.4 Å². The van der Waals surface area contributed by atoms with Crippen LogP contribution in [0.5, 0.6) is 5.75 Å². The van der Waals surface area contributed by atoms with Crippen molar-refractivity contribution < 1.29 is 13.2 Å². The van der Waals surface area contributed by atoms with Crippen molar-refractivity contribution in [2.24, 2.45) is 5.14 Å². The fourth-order valence-electron chi connectivity index (χ4n) is 2.05. The van der Waals surface area contributed by atoms with Gasteiger partial charge in [-0.3, -0.25) is 0 Å². The predicted octanol–water partition coefficient (Wildman–Crippen LogP) is 0.941. The van der Waals surface area contributed by atoms with Crippen LogP contribution >= 0.6 is 0 Å². The number of rotatable bonds is 1. The molecule has 0 aliphatic carbocycles. The van der Waals surface area contributed by atoms with Crippen molar-refractivity contribution in [3.8, 4) is 5.75 Å². The van der Waals surface area contributed by atoms with E-state index in [2.05, 4.69) is 0 Å². The molecular weight excluding hydrogens is 240 g/mol. The van der Waals surface area contributed by atoms with E-state index < -0.39 is 10.0 Å². The van der Waals surface area contributed by atoms with Crippen LogP contribution in [0.25, 0.3) is 0 Å². The van der Waals surface area contributed by atoms with Crippen LogP contribution < -0.4 is 14.8 Å². The molecule has 1 heterocycles. The maximum Gasteiger partial charge on any atom is 0.238 e. The Balaban J connectivity index is 2.51. The molecule has 1 aliphatic rings. The minimum Gasteiger partial charge on any atom is -0.484 e. The van der Waals surface area contributed by atoms with Gasteiger partial charge in [0.2, 0.25) is 10.0 Å². The summed E-state index contributed by atoms with van der Waals surface area (Å²) in [7, 11) is -1.77. The summed E-state index contributed by atoms with van der Waals surface area (Å²) in [6, 6.07) is 4.65. The first-order chi connectivity index (χ1) is 7.69. The van der Waals surface area contributed by atoms with Crippen molar-refractivity contribution >= 4 is 15.7 Å². The Kier molecular flexibility index (Phi) is 2.59. The molecular formula is C11H16N2O3S. The van der Waals surface area contributed by atoms with E-state index in [1.165, 1.54) is 6.07 Å². The van der Waals surface area contributed by atoms with Crippen molar-refractivity contribution in [3.63, 3.8) is 0 Å². The molecule has 1 aliphatic heterocycles. The Labute approximate surface area is 101 Å². The Morgan fingerprint density at radius 3 is 2.65 bits per heavy atom. The summed E-state index contributed by atoms with van der Waals surface area (Å²) in [6.45, 7) is 4.66. The zero-order valence-corrected chi connectivity index (χ0v) is 10.9. The summed E-state index contributed by atoms with van der Waals surface area (Å²) >= 11 is 0. The van der Waals surface area contributed by atoms with Gasteiger partial charge in [0, 0.05) is 7.05 Å². The van der Waals surface area contributed by atoms with Crippen LogP contribution in [0.2, 0.25) is 0 Å². The number of hydrogen-bond donors (Lipinski definition) is 1. The van der Waals surface area contributed by atoms with E-state index in [-0.39, 0.29) is 10.5 Å². The molecule has 0 saturated carbocycles. The molecule has 0 bridgehead atoms. The van der Waals surface area contributed by atoms with E-state index in [1.54, 1.807) is 12.1 Å². The number of likely N-dealkylation sites (N-methyl/N-ethyl adjacent to an activating group) is 1. The lowest BCUT2D eigenvalue weighted by molar-refractivity contribution is 0.107. The van der Waals surface area contributed by atoms with Gasteiger partial charge < -0.3 is 9.64 Å². The second kappa shape index (κ2) is 3.61. The number of nitrogens with two attached hydrogens (primary N) is 1. The van der Waals surface area contributed by atoms with E-state index in [0.29, 0.717) is 12.3 Å². The first-order valence-corrected chi connectivity index (χ1v) is 6.81. The molecule has 5 nitrogen and oxygen atoms in total. The molecule has 6 heteroatoms. The summed E-state index contributed by atoms with van der Waals surface area (Å²) in [5.74, 6) is 0.677. The molecule has 0 spiro atoms. The monoisotopic (exact) mass is 256 g/mol. The highest BCUT2D eigenvalue weighted by Gasteiger charge is 2.30. The standard InChI is InChI=1S/C11H16N2O3S/c1-11(2)7-13(3)9-6-8(17(12,14)15)4-5-10(9)16-11/h4-6H,7H2,1-3H3,(H2,12,14,15). The number of anilines is 1. The Hall–Kier alpha value is -1.27. The second-order valence-electron chi connectivity index (χ2n) is 4.89. The van der Waals surface area contributed by atoms with Crippen LogP contribution in [0.15, 0.2) is 23.1 Å². The Morgan fingerprint density at radius 2 is 2.06 bits per heavy atom. The minimum atomic E-state index is -3.67. The van der Waals surface area contributed by atoms with E-state index in [4.69, 9.17) is 9.88 Å². The molecule has 0 amide bonds. The third-order valence-corrected chi connectivity index (χ3v) is 3.59. The third-order valence-electron chi connectivity index (χ3n) is 2.67. The highest BCUT2D eigenvalue weighted by molar-refractivity contribution is 7.89. The van der Waals surface area contributed by atoms with Crippen molar-refractivity contribution in [2.75, 3.05) is 18.5 Å².